The summed E-state index contributed by atoms with van der Waals surface area (Å²) in [4.78, 5) is 0. The quantitative estimate of drug-likeness (QED) is 0.888. The first-order chi connectivity index (χ1) is 9.06. The van der Waals surface area contributed by atoms with Crippen LogP contribution in [0.2, 0.25) is 0 Å². The van der Waals surface area contributed by atoms with Gasteiger partial charge in [-0.15, -0.1) is 0 Å². The van der Waals surface area contributed by atoms with E-state index in [0.717, 1.165) is 35.4 Å². The average molecular weight is 261 g/mol. The van der Waals surface area contributed by atoms with Crippen molar-refractivity contribution in [1.29, 1.82) is 0 Å². The van der Waals surface area contributed by atoms with Crippen LogP contribution in [0.5, 0.6) is 5.75 Å². The minimum Gasteiger partial charge on any atom is -0.493 e. The summed E-state index contributed by atoms with van der Waals surface area (Å²) >= 11 is 0. The maximum Gasteiger partial charge on any atom is 0.176 e. The minimum atomic E-state index is 0.445. The molecule has 2 aromatic rings. The number of hydrogen-bond donors (Lipinski definition) is 1. The molecule has 0 fully saturated rings. The van der Waals surface area contributed by atoms with Crippen molar-refractivity contribution >= 4 is 11.0 Å². The summed E-state index contributed by atoms with van der Waals surface area (Å²) in [5, 5.41) is 4.56. The molecule has 0 unspecified atom stereocenters. The van der Waals surface area contributed by atoms with E-state index in [4.69, 9.17) is 9.15 Å². The van der Waals surface area contributed by atoms with Crippen LogP contribution in [-0.2, 0) is 13.0 Å². The third-order valence-electron chi connectivity index (χ3n) is 3.46. The average Bonchev–Trinajstić information content (AvgIpc) is 2.72. The Hall–Kier alpha value is -1.48. The van der Waals surface area contributed by atoms with Crippen LogP contribution in [0.25, 0.3) is 11.0 Å². The number of ether oxygens (including phenoxy) is 1. The van der Waals surface area contributed by atoms with Gasteiger partial charge in [0.05, 0.1) is 13.7 Å². The molecule has 1 heterocycles. The van der Waals surface area contributed by atoms with Crippen LogP contribution in [0.15, 0.2) is 16.5 Å². The summed E-state index contributed by atoms with van der Waals surface area (Å²) in [5.74, 6) is 1.82. The molecule has 104 valence electrons. The topological polar surface area (TPSA) is 34.4 Å². The molecule has 1 N–H and O–H groups in total. The van der Waals surface area contributed by atoms with Gasteiger partial charge in [0.25, 0.3) is 0 Å². The van der Waals surface area contributed by atoms with Gasteiger partial charge < -0.3 is 14.5 Å². The lowest BCUT2D eigenvalue weighted by atomic mass is 10.1. The van der Waals surface area contributed by atoms with Crippen molar-refractivity contribution in [3.63, 3.8) is 0 Å². The molecule has 0 bridgehead atoms. The van der Waals surface area contributed by atoms with Gasteiger partial charge in [-0.1, -0.05) is 20.8 Å². The first-order valence-electron chi connectivity index (χ1n) is 6.89. The highest BCUT2D eigenvalue weighted by molar-refractivity contribution is 5.88. The predicted molar refractivity (Wildman–Crippen MR) is 78.9 cm³/mol. The van der Waals surface area contributed by atoms with Gasteiger partial charge in [-0.25, -0.2) is 0 Å². The number of aryl methyl sites for hydroxylation is 2. The van der Waals surface area contributed by atoms with Crippen molar-refractivity contribution in [3.8, 4) is 5.75 Å². The van der Waals surface area contributed by atoms with Crippen LogP contribution >= 0.6 is 0 Å². The van der Waals surface area contributed by atoms with E-state index in [0.29, 0.717) is 6.04 Å². The Morgan fingerprint density at radius 3 is 2.63 bits per heavy atom. The molecule has 2 rings (SSSR count). The van der Waals surface area contributed by atoms with Crippen LogP contribution in [0, 0.1) is 6.92 Å². The normalized spacial score (nSPS) is 11.5. The number of hydrogen-bond acceptors (Lipinski definition) is 3. The van der Waals surface area contributed by atoms with Gasteiger partial charge in [0.1, 0.15) is 5.76 Å². The fourth-order valence-electron chi connectivity index (χ4n) is 2.21. The molecule has 3 nitrogen and oxygen atoms in total. The Labute approximate surface area is 114 Å². The van der Waals surface area contributed by atoms with E-state index in [1.54, 1.807) is 7.11 Å². The molecule has 0 spiro atoms. The smallest absolute Gasteiger partial charge is 0.176 e. The SMILES string of the molecule is CCc1cc(OC)c2oc(CNC(C)C)c(C)c2c1. The van der Waals surface area contributed by atoms with E-state index in [1.165, 1.54) is 11.1 Å². The lowest BCUT2D eigenvalue weighted by Gasteiger charge is -2.05. The first-order valence-corrected chi connectivity index (χ1v) is 6.89. The van der Waals surface area contributed by atoms with Gasteiger partial charge in [0.2, 0.25) is 0 Å². The van der Waals surface area contributed by atoms with Crippen molar-refractivity contribution in [2.45, 2.75) is 46.7 Å². The van der Waals surface area contributed by atoms with Gasteiger partial charge >= 0.3 is 0 Å². The minimum absolute atomic E-state index is 0.445. The third kappa shape index (κ3) is 2.76. The van der Waals surface area contributed by atoms with Crippen LogP contribution in [-0.4, -0.2) is 13.2 Å². The number of benzene rings is 1. The Bertz CT molecular complexity index is 570. The molecule has 0 aliphatic heterocycles. The number of rotatable bonds is 5. The Balaban J connectivity index is 2.49. The maximum absolute atomic E-state index is 5.98. The molecule has 1 aromatic carbocycles. The van der Waals surface area contributed by atoms with Crippen molar-refractivity contribution in [3.05, 3.63) is 29.0 Å². The van der Waals surface area contributed by atoms with Crippen molar-refractivity contribution in [2.24, 2.45) is 0 Å². The summed E-state index contributed by atoms with van der Waals surface area (Å²) in [6.45, 7) is 9.28. The van der Waals surface area contributed by atoms with Gasteiger partial charge in [0, 0.05) is 11.4 Å². The van der Waals surface area contributed by atoms with Gasteiger partial charge in [-0.2, -0.15) is 0 Å². The lowest BCUT2D eigenvalue weighted by molar-refractivity contribution is 0.404. The van der Waals surface area contributed by atoms with Gasteiger partial charge in [-0.05, 0) is 36.6 Å². The van der Waals surface area contributed by atoms with E-state index in [9.17, 15) is 0 Å². The predicted octanol–water partition coefficient (Wildman–Crippen LogP) is 3.81. The van der Waals surface area contributed by atoms with Crippen LogP contribution in [0.3, 0.4) is 0 Å². The summed E-state index contributed by atoms with van der Waals surface area (Å²) in [6.07, 6.45) is 0.997. The van der Waals surface area contributed by atoms with E-state index < -0.39 is 0 Å². The molecule has 0 radical (unpaired) electrons. The number of fused-ring (bicyclic) bond motifs is 1. The Morgan fingerprint density at radius 1 is 1.32 bits per heavy atom. The molecular formula is C16H23NO2. The van der Waals surface area contributed by atoms with Crippen LogP contribution in [0.1, 0.15) is 37.7 Å². The summed E-state index contributed by atoms with van der Waals surface area (Å²) < 4.78 is 11.4. The molecule has 0 aliphatic carbocycles. The van der Waals surface area contributed by atoms with Crippen molar-refractivity contribution in [1.82, 2.24) is 5.32 Å². The maximum atomic E-state index is 5.98. The second-order valence-corrected chi connectivity index (χ2v) is 5.21. The van der Waals surface area contributed by atoms with Gasteiger partial charge in [-0.3, -0.25) is 0 Å². The zero-order chi connectivity index (χ0) is 14.0. The molecule has 0 atom stereocenters. The first kappa shape index (κ1) is 13.9. The fraction of sp³-hybridized carbons (Fsp3) is 0.500. The fourth-order valence-corrected chi connectivity index (χ4v) is 2.21. The molecule has 1 aromatic heterocycles. The monoisotopic (exact) mass is 261 g/mol. The third-order valence-corrected chi connectivity index (χ3v) is 3.46. The zero-order valence-electron chi connectivity index (χ0n) is 12.5. The second kappa shape index (κ2) is 5.66. The Morgan fingerprint density at radius 2 is 2.05 bits per heavy atom. The Kier molecular flexibility index (Phi) is 4.15. The summed E-state index contributed by atoms with van der Waals surface area (Å²) in [5.41, 5.74) is 3.34. The molecule has 0 aliphatic rings. The second-order valence-electron chi connectivity index (χ2n) is 5.21. The van der Waals surface area contributed by atoms with Crippen LogP contribution < -0.4 is 10.1 Å². The van der Waals surface area contributed by atoms with E-state index in [2.05, 4.69) is 45.1 Å². The highest BCUT2D eigenvalue weighted by atomic mass is 16.5. The van der Waals surface area contributed by atoms with E-state index in [-0.39, 0.29) is 0 Å². The number of nitrogens with one attached hydrogen (secondary N) is 1. The number of furan rings is 1. The highest BCUT2D eigenvalue weighted by Crippen LogP contribution is 2.34. The van der Waals surface area contributed by atoms with Crippen LogP contribution in [0.4, 0.5) is 0 Å². The molecule has 0 amide bonds. The van der Waals surface area contributed by atoms with Crippen molar-refractivity contribution < 1.29 is 9.15 Å². The summed E-state index contributed by atoms with van der Waals surface area (Å²) in [7, 11) is 1.69. The molecule has 19 heavy (non-hydrogen) atoms. The van der Waals surface area contributed by atoms with Gasteiger partial charge in [0.15, 0.2) is 11.3 Å². The molecular weight excluding hydrogens is 238 g/mol. The molecule has 0 saturated heterocycles. The lowest BCUT2D eigenvalue weighted by Crippen LogP contribution is -2.21. The van der Waals surface area contributed by atoms with Crippen molar-refractivity contribution in [2.75, 3.05) is 7.11 Å². The van der Waals surface area contributed by atoms with E-state index >= 15 is 0 Å². The number of methoxy groups -OCH3 is 1. The highest BCUT2D eigenvalue weighted by Gasteiger charge is 2.15. The standard InChI is InChI=1S/C16H23NO2/c1-6-12-7-13-11(4)15(9-17-10(2)3)19-16(13)14(8-12)18-5/h7-8,10,17H,6,9H2,1-5H3. The summed E-state index contributed by atoms with van der Waals surface area (Å²) in [6, 6.07) is 4.71. The molecule has 3 heteroatoms. The zero-order valence-corrected chi connectivity index (χ0v) is 12.5. The largest absolute Gasteiger partial charge is 0.493 e. The van der Waals surface area contributed by atoms with E-state index in [1.807, 2.05) is 0 Å². The molecule has 0 saturated carbocycles.